The first-order valence-electron chi connectivity index (χ1n) is 12.6. The molecule has 7 nitrogen and oxygen atoms in total. The summed E-state index contributed by atoms with van der Waals surface area (Å²) in [6.07, 6.45) is 0. The molecule has 0 bridgehead atoms. The maximum Gasteiger partial charge on any atom is 0.300 e. The molecule has 1 aliphatic heterocycles. The Morgan fingerprint density at radius 2 is 1.46 bits per heavy atom. The number of aliphatic hydroxyl groups excluding tert-OH is 1. The predicted molar refractivity (Wildman–Crippen MR) is 159 cm³/mol. The van der Waals surface area contributed by atoms with Gasteiger partial charge in [0.25, 0.3) is 11.7 Å². The molecule has 0 spiro atoms. The Hall–Kier alpha value is -3.68. The van der Waals surface area contributed by atoms with E-state index in [4.69, 9.17) is 27.9 Å². The molecule has 1 amide bonds. The Morgan fingerprint density at radius 1 is 0.923 bits per heavy atom. The molecule has 3 aromatic rings. The number of anilines is 3. The van der Waals surface area contributed by atoms with Crippen molar-refractivity contribution in [1.82, 2.24) is 0 Å². The molecule has 3 aromatic carbocycles. The number of carbonyl (C=O) groups is 2. The number of ketones is 1. The van der Waals surface area contributed by atoms with Crippen molar-refractivity contribution in [3.63, 3.8) is 0 Å². The van der Waals surface area contributed by atoms with Gasteiger partial charge in [0.05, 0.1) is 28.8 Å². The van der Waals surface area contributed by atoms with E-state index in [-0.39, 0.29) is 32.7 Å². The summed E-state index contributed by atoms with van der Waals surface area (Å²) in [7, 11) is 5.28. The summed E-state index contributed by atoms with van der Waals surface area (Å²) in [6.45, 7) is 5.83. The molecule has 39 heavy (non-hydrogen) atoms. The molecular weight excluding hydrogens is 537 g/mol. The van der Waals surface area contributed by atoms with E-state index in [0.29, 0.717) is 11.3 Å². The number of halogens is 2. The Kier molecular flexibility index (Phi) is 8.42. The number of methoxy groups -OCH3 is 1. The number of hydrogen-bond acceptors (Lipinski definition) is 6. The zero-order valence-electron chi connectivity index (χ0n) is 22.5. The van der Waals surface area contributed by atoms with Gasteiger partial charge < -0.3 is 19.6 Å². The van der Waals surface area contributed by atoms with Crippen LogP contribution in [0.4, 0.5) is 17.1 Å². The Labute approximate surface area is 238 Å². The van der Waals surface area contributed by atoms with Gasteiger partial charge in [-0.3, -0.25) is 14.5 Å². The monoisotopic (exact) mass is 567 g/mol. The molecule has 1 saturated heterocycles. The van der Waals surface area contributed by atoms with Crippen LogP contribution in [0, 0.1) is 0 Å². The fourth-order valence-corrected chi connectivity index (χ4v) is 5.47. The SMILES string of the molecule is CCN(CC)c1ccc(N2C(=O)C(=O)/C(=C(/O)c3cc(Cl)c(OC)c(Cl)c3)C2c2ccc(N(C)C)cc2)cc1. The van der Waals surface area contributed by atoms with Crippen LogP contribution in [-0.2, 0) is 9.59 Å². The fourth-order valence-electron chi connectivity index (χ4n) is 4.83. The van der Waals surface area contributed by atoms with Gasteiger partial charge >= 0.3 is 0 Å². The minimum atomic E-state index is -0.875. The molecule has 0 aromatic heterocycles. The van der Waals surface area contributed by atoms with Gasteiger partial charge in [0, 0.05) is 49.8 Å². The molecule has 1 atom stereocenters. The Morgan fingerprint density at radius 3 is 1.95 bits per heavy atom. The molecule has 1 aliphatic rings. The maximum absolute atomic E-state index is 13.5. The molecule has 0 saturated carbocycles. The highest BCUT2D eigenvalue weighted by Crippen LogP contribution is 2.44. The first kappa shape index (κ1) is 28.3. The molecule has 204 valence electrons. The molecule has 1 unspecified atom stereocenters. The number of Topliss-reactive ketones (excluding diaryl/α,β-unsaturated/α-hetero) is 1. The lowest BCUT2D eigenvalue weighted by Crippen LogP contribution is -2.29. The zero-order valence-corrected chi connectivity index (χ0v) is 24.0. The highest BCUT2D eigenvalue weighted by Gasteiger charge is 2.47. The summed E-state index contributed by atoms with van der Waals surface area (Å²) < 4.78 is 5.21. The van der Waals surface area contributed by atoms with Crippen molar-refractivity contribution in [3.05, 3.63) is 87.4 Å². The van der Waals surface area contributed by atoms with Crippen molar-refractivity contribution < 1.29 is 19.4 Å². The van der Waals surface area contributed by atoms with Crippen LogP contribution in [0.3, 0.4) is 0 Å². The van der Waals surface area contributed by atoms with E-state index in [1.54, 1.807) is 0 Å². The molecule has 0 radical (unpaired) electrons. The molecular formula is C30H31Cl2N3O4. The highest BCUT2D eigenvalue weighted by molar-refractivity contribution is 6.51. The van der Waals surface area contributed by atoms with Crippen molar-refractivity contribution >= 4 is 57.7 Å². The maximum atomic E-state index is 13.5. The number of amides is 1. The molecule has 4 rings (SSSR count). The second-order valence-corrected chi connectivity index (χ2v) is 10.1. The Balaban J connectivity index is 1.90. The van der Waals surface area contributed by atoms with Crippen LogP contribution < -0.4 is 19.4 Å². The first-order valence-corrected chi connectivity index (χ1v) is 13.3. The van der Waals surface area contributed by atoms with Gasteiger partial charge in [-0.15, -0.1) is 0 Å². The van der Waals surface area contributed by atoms with Crippen molar-refractivity contribution in [1.29, 1.82) is 0 Å². The topological polar surface area (TPSA) is 73.3 Å². The number of aliphatic hydroxyl groups is 1. The predicted octanol–water partition coefficient (Wildman–Crippen LogP) is 6.54. The van der Waals surface area contributed by atoms with Gasteiger partial charge in [0.1, 0.15) is 5.76 Å². The van der Waals surface area contributed by atoms with E-state index in [1.165, 1.54) is 24.1 Å². The number of benzene rings is 3. The van der Waals surface area contributed by atoms with Crippen LogP contribution in [0.1, 0.15) is 31.0 Å². The van der Waals surface area contributed by atoms with Crippen LogP contribution in [0.25, 0.3) is 5.76 Å². The Bertz CT molecular complexity index is 1390. The van der Waals surface area contributed by atoms with Crippen LogP contribution in [-0.4, -0.2) is 51.1 Å². The lowest BCUT2D eigenvalue weighted by molar-refractivity contribution is -0.132. The number of carbonyl (C=O) groups excluding carboxylic acids is 2. The largest absolute Gasteiger partial charge is 0.507 e. The summed E-state index contributed by atoms with van der Waals surface area (Å²) in [6, 6.07) is 17.0. The van der Waals surface area contributed by atoms with Crippen LogP contribution >= 0.6 is 23.2 Å². The van der Waals surface area contributed by atoms with Gasteiger partial charge in [0.2, 0.25) is 0 Å². The smallest absolute Gasteiger partial charge is 0.300 e. The van der Waals surface area contributed by atoms with Crippen molar-refractivity contribution in [3.8, 4) is 5.75 Å². The standard InChI is InChI=1S/C30H31Cl2N3O4/c1-6-34(7-2)21-12-14-22(15-13-21)35-26(18-8-10-20(11-9-18)33(3)4)25(28(37)30(35)38)27(36)19-16-23(31)29(39-5)24(32)17-19/h8-17,26,36H,6-7H2,1-5H3/b27-25+. The third kappa shape index (κ3) is 5.29. The van der Waals surface area contributed by atoms with E-state index >= 15 is 0 Å². The van der Waals surface area contributed by atoms with Gasteiger partial charge in [0.15, 0.2) is 5.75 Å². The van der Waals surface area contributed by atoms with E-state index < -0.39 is 17.7 Å². The second kappa shape index (κ2) is 11.6. The third-order valence-corrected chi connectivity index (χ3v) is 7.46. The van der Waals surface area contributed by atoms with Gasteiger partial charge in [-0.05, 0) is 67.9 Å². The van der Waals surface area contributed by atoms with Crippen molar-refractivity contribution in [2.24, 2.45) is 0 Å². The van der Waals surface area contributed by atoms with Crippen LogP contribution in [0.2, 0.25) is 10.0 Å². The average Bonchev–Trinajstić information content (AvgIpc) is 3.19. The third-order valence-electron chi connectivity index (χ3n) is 6.90. The molecule has 1 fully saturated rings. The van der Waals surface area contributed by atoms with E-state index in [1.807, 2.05) is 67.5 Å². The molecule has 1 N–H and O–H groups in total. The first-order chi connectivity index (χ1) is 18.6. The quantitative estimate of drug-likeness (QED) is 0.189. The summed E-state index contributed by atoms with van der Waals surface area (Å²) in [5.41, 5.74) is 3.32. The average molecular weight is 569 g/mol. The second-order valence-electron chi connectivity index (χ2n) is 9.32. The summed E-state index contributed by atoms with van der Waals surface area (Å²) in [5, 5.41) is 11.8. The van der Waals surface area contributed by atoms with Crippen LogP contribution in [0.5, 0.6) is 5.75 Å². The minimum Gasteiger partial charge on any atom is -0.507 e. The summed E-state index contributed by atoms with van der Waals surface area (Å²) in [5.74, 6) is -1.66. The van der Waals surface area contributed by atoms with Gasteiger partial charge in [-0.2, -0.15) is 0 Å². The summed E-state index contributed by atoms with van der Waals surface area (Å²) in [4.78, 5) is 32.6. The van der Waals surface area contributed by atoms with Gasteiger partial charge in [-0.1, -0.05) is 35.3 Å². The van der Waals surface area contributed by atoms with Crippen molar-refractivity contribution in [2.75, 3.05) is 49.0 Å². The molecule has 0 aliphatic carbocycles. The van der Waals surface area contributed by atoms with Crippen molar-refractivity contribution in [2.45, 2.75) is 19.9 Å². The molecule has 9 heteroatoms. The van der Waals surface area contributed by atoms with E-state index in [2.05, 4.69) is 18.7 Å². The van der Waals surface area contributed by atoms with E-state index in [0.717, 1.165) is 24.5 Å². The van der Waals surface area contributed by atoms with Crippen LogP contribution in [0.15, 0.2) is 66.2 Å². The summed E-state index contributed by atoms with van der Waals surface area (Å²) >= 11 is 12.7. The lowest BCUT2D eigenvalue weighted by atomic mass is 9.94. The lowest BCUT2D eigenvalue weighted by Gasteiger charge is -2.27. The minimum absolute atomic E-state index is 0.0530. The number of nitrogens with zero attached hydrogens (tertiary/aromatic N) is 3. The number of rotatable bonds is 8. The van der Waals surface area contributed by atoms with Gasteiger partial charge in [-0.25, -0.2) is 0 Å². The highest BCUT2D eigenvalue weighted by atomic mass is 35.5. The normalized spacial score (nSPS) is 16.5. The zero-order chi connectivity index (χ0) is 28.4. The number of hydrogen-bond donors (Lipinski definition) is 1. The fraction of sp³-hybridized carbons (Fsp3) is 0.267. The molecule has 1 heterocycles. The van der Waals surface area contributed by atoms with E-state index in [9.17, 15) is 14.7 Å². The number of ether oxygens (including phenoxy) is 1.